The van der Waals surface area contributed by atoms with Crippen molar-refractivity contribution < 1.29 is 158 Å². The highest BCUT2D eigenvalue weighted by molar-refractivity contribution is 5.87. The number of allylic oxidation sites excluding steroid dienone is 1. The van der Waals surface area contributed by atoms with Gasteiger partial charge in [-0.2, -0.15) is 0 Å². The second-order valence-electron chi connectivity index (χ2n) is 31.1. The second kappa shape index (κ2) is 29.6. The lowest BCUT2D eigenvalue weighted by atomic mass is 9.33. The summed E-state index contributed by atoms with van der Waals surface area (Å²) in [5, 5.41) is 191. The molecule has 5 aliphatic carbocycles. The Balaban J connectivity index is 0.952. The summed E-state index contributed by atoms with van der Waals surface area (Å²) >= 11 is 0. The smallest absolute Gasteiger partial charge is 0.331 e. The van der Waals surface area contributed by atoms with Crippen LogP contribution in [0, 0.1) is 50.2 Å². The summed E-state index contributed by atoms with van der Waals surface area (Å²) in [5.74, 6) is -5.12. The van der Waals surface area contributed by atoms with E-state index in [2.05, 4.69) is 0 Å². The van der Waals surface area contributed by atoms with Gasteiger partial charge < -0.3 is 144 Å². The molecule has 32 heteroatoms. The lowest BCUT2D eigenvalue weighted by Crippen LogP contribution is -2.71. The monoisotopic (exact) mass is 1440 g/mol. The SMILES string of the molecule is COc1ccc(/C=C\C(=O)O[C@@H]2[C@@H](O[C@@H]3O[C@H](CO)[C@@H](O)[C@H](O)[C@H]3O)[C@H](O[C@@H]3O[C@@H](C)[C@H](O[C@@H]4OC[C@@H](O)[C@H](O)[C@H]4O)[C@@H](O)[C@H]3O)[C@H](OC(=O)[C@@]34CC[C@]5(CO)C(=CC[C@@H]6[C@@]7(C)C[C@H](O)[C@H](O[C@H]8O[C@H](CO)[C@@H](O)[C@H](O)[C@H]8O)[C@](C)(C(=O)O)[C@@H]7CC[C@]65C)[C@@H]3CC(C)(C)C[C@H]4O)O[C@H]2C)cc1. The first-order valence-electron chi connectivity index (χ1n) is 34.7. The van der Waals surface area contributed by atoms with Crippen LogP contribution in [0.5, 0.6) is 5.75 Å². The molecule has 0 amide bonds. The van der Waals surface area contributed by atoms with Crippen LogP contribution < -0.4 is 4.74 Å². The highest BCUT2D eigenvalue weighted by Crippen LogP contribution is 2.76. The molecule has 0 bridgehead atoms. The van der Waals surface area contributed by atoms with Gasteiger partial charge in [0.1, 0.15) is 109 Å². The number of carboxylic acids is 1. The normalized spacial score (nSPS) is 49.8. The minimum absolute atomic E-state index is 0.0180. The summed E-state index contributed by atoms with van der Waals surface area (Å²) in [7, 11) is 1.47. The molecule has 0 spiro atoms. The van der Waals surface area contributed by atoms with Crippen molar-refractivity contribution in [3.8, 4) is 5.75 Å². The minimum atomic E-state index is -2.17. The third-order valence-corrected chi connectivity index (χ3v) is 24.8. The number of carbonyl (C=O) groups excluding carboxylic acids is 2. The number of carbonyl (C=O) groups is 3. The van der Waals surface area contributed by atoms with E-state index in [0.29, 0.717) is 16.9 Å². The number of hydrogen-bond donors (Lipinski definition) is 17. The van der Waals surface area contributed by atoms with E-state index < -0.39 is 260 Å². The molecule has 9 fully saturated rings. The van der Waals surface area contributed by atoms with Crippen LogP contribution in [0.4, 0.5) is 0 Å². The van der Waals surface area contributed by atoms with Crippen molar-refractivity contribution in [1.29, 1.82) is 0 Å². The van der Waals surface area contributed by atoms with Gasteiger partial charge >= 0.3 is 17.9 Å². The zero-order valence-electron chi connectivity index (χ0n) is 57.6. The second-order valence-corrected chi connectivity index (χ2v) is 31.1. The summed E-state index contributed by atoms with van der Waals surface area (Å²) in [6.07, 6.45) is -43.0. The van der Waals surface area contributed by atoms with Crippen molar-refractivity contribution >= 4 is 24.0 Å². The van der Waals surface area contributed by atoms with Gasteiger partial charge in [-0.05, 0) is 130 Å². The molecular formula is C69H102O32. The van der Waals surface area contributed by atoms with Crippen LogP contribution in [0.15, 0.2) is 42.0 Å². The number of esters is 2. The number of carboxylic acid groups (broad SMARTS) is 1. The van der Waals surface area contributed by atoms with Gasteiger partial charge in [0.15, 0.2) is 37.4 Å². The van der Waals surface area contributed by atoms with Crippen molar-refractivity contribution in [2.45, 2.75) is 266 Å². The van der Waals surface area contributed by atoms with Crippen molar-refractivity contribution in [2.24, 2.45) is 50.2 Å². The minimum Gasteiger partial charge on any atom is -0.497 e. The van der Waals surface area contributed by atoms with Gasteiger partial charge in [-0.15, -0.1) is 0 Å². The maximum absolute atomic E-state index is 16.3. The molecule has 4 saturated carbocycles. The summed E-state index contributed by atoms with van der Waals surface area (Å²) in [6.45, 7) is 9.28. The fraction of sp³-hybridized carbons (Fsp3) is 0.812. The van der Waals surface area contributed by atoms with E-state index in [1.165, 1.54) is 34.0 Å². The Morgan fingerprint density at radius 3 is 1.74 bits per heavy atom. The number of rotatable bonds is 18. The number of aliphatic carboxylic acids is 1. The summed E-state index contributed by atoms with van der Waals surface area (Å²) < 4.78 is 72.9. The molecular weight excluding hydrogens is 1340 g/mol. The van der Waals surface area contributed by atoms with Crippen LogP contribution in [-0.2, 0) is 66.5 Å². The summed E-state index contributed by atoms with van der Waals surface area (Å²) in [6, 6.07) is 6.57. The summed E-state index contributed by atoms with van der Waals surface area (Å²) in [5.41, 5.74) is -6.55. The van der Waals surface area contributed by atoms with E-state index in [1.807, 2.05) is 33.8 Å². The number of aliphatic hydroxyl groups is 16. The Labute approximate surface area is 582 Å². The van der Waals surface area contributed by atoms with Gasteiger partial charge in [0.25, 0.3) is 0 Å². The quantitative estimate of drug-likeness (QED) is 0.0297. The number of ether oxygens (including phenoxy) is 12. The topological polar surface area (TPSA) is 506 Å². The molecule has 0 aromatic heterocycles. The average Bonchev–Trinajstić information content (AvgIpc) is 0.667. The molecule has 101 heavy (non-hydrogen) atoms. The molecule has 17 N–H and O–H groups in total. The van der Waals surface area contributed by atoms with Gasteiger partial charge in [-0.3, -0.25) is 9.59 Å². The predicted octanol–water partition coefficient (Wildman–Crippen LogP) is -3.27. The van der Waals surface area contributed by atoms with Crippen molar-refractivity contribution in [1.82, 2.24) is 0 Å². The fourth-order valence-corrected chi connectivity index (χ4v) is 19.2. The van der Waals surface area contributed by atoms with E-state index >= 15 is 4.79 Å². The molecule has 10 aliphatic rings. The number of methoxy groups -OCH3 is 1. The summed E-state index contributed by atoms with van der Waals surface area (Å²) in [4.78, 5) is 44.5. The first kappa shape index (κ1) is 78.0. The molecule has 5 saturated heterocycles. The molecule has 35 atom stereocenters. The van der Waals surface area contributed by atoms with Crippen molar-refractivity contribution in [2.75, 3.05) is 33.5 Å². The number of benzene rings is 1. The van der Waals surface area contributed by atoms with Crippen LogP contribution in [-0.4, -0.2) is 304 Å². The number of aliphatic hydroxyl groups excluding tert-OH is 16. The van der Waals surface area contributed by atoms with Crippen LogP contribution in [0.3, 0.4) is 0 Å². The molecule has 0 unspecified atom stereocenters. The first-order chi connectivity index (χ1) is 47.5. The highest BCUT2D eigenvalue weighted by atomic mass is 16.8. The molecule has 0 radical (unpaired) electrons. The highest BCUT2D eigenvalue weighted by Gasteiger charge is 2.75. The number of fused-ring (bicyclic) bond motifs is 7. The van der Waals surface area contributed by atoms with Gasteiger partial charge in [0.2, 0.25) is 6.29 Å². The predicted molar refractivity (Wildman–Crippen MR) is 339 cm³/mol. The molecule has 5 heterocycles. The molecule has 1 aromatic rings. The van der Waals surface area contributed by atoms with E-state index in [0.717, 1.165) is 6.08 Å². The maximum Gasteiger partial charge on any atom is 0.331 e. The Bertz CT molecular complexity index is 3140. The van der Waals surface area contributed by atoms with Crippen molar-refractivity contribution in [3.63, 3.8) is 0 Å². The van der Waals surface area contributed by atoms with Crippen molar-refractivity contribution in [3.05, 3.63) is 47.6 Å². The lowest BCUT2D eigenvalue weighted by molar-refractivity contribution is -0.391. The van der Waals surface area contributed by atoms with Crippen LogP contribution in [0.2, 0.25) is 0 Å². The van der Waals surface area contributed by atoms with E-state index in [4.69, 9.17) is 56.8 Å². The van der Waals surface area contributed by atoms with E-state index in [-0.39, 0.29) is 51.4 Å². The van der Waals surface area contributed by atoms with E-state index in [1.54, 1.807) is 24.3 Å². The lowest BCUT2D eigenvalue weighted by Gasteiger charge is -2.71. The Morgan fingerprint density at radius 1 is 0.574 bits per heavy atom. The standard InChI is InChI=1S/C69H102O32/c1-28-52(97-57-48(83)42(77)35(74)26-91-57)47(82)51(86)58(92-28)99-55-54(98-59-49(84)45(80)43(78)36(24-70)94-59)53(96-41(76)16-11-30-9-12-31(90-8)13-10-30)29(2)93-61(55)101-63(89)69-20-19-68(27-72)32(33(69)21-64(3,4)23-40(69)75)14-15-38-65(5)22-34(73)56(67(7,62(87)88)39(65)17-18-66(38,68)6)100-60-50(85)46(81)44(79)37(25-71)95-60/h9-14,16,28-29,33-40,42-61,70-75,77-86H,15,17-27H2,1-8H3,(H,87,88)/b16-11-/t28-,29-,33-,34-,35+,36+,37+,38+,39+,40+,42-,43+,44+,45-,46-,47-,48+,49+,50+,51+,52-,53-,54+,55-,56-,57-,58-,59-,60+,61-,65+,66+,67+,68-,69-/m0/s1. The number of hydrogen-bond acceptors (Lipinski definition) is 31. The zero-order valence-corrected chi connectivity index (χ0v) is 57.6. The van der Waals surface area contributed by atoms with Crippen LogP contribution in [0.25, 0.3) is 6.08 Å². The van der Waals surface area contributed by atoms with Crippen LogP contribution >= 0.6 is 0 Å². The zero-order chi connectivity index (χ0) is 73.7. The van der Waals surface area contributed by atoms with Crippen LogP contribution in [0.1, 0.15) is 105 Å². The Hall–Kier alpha value is -4.09. The third kappa shape index (κ3) is 13.4. The maximum atomic E-state index is 16.3. The molecule has 5 aliphatic heterocycles. The molecule has 32 nitrogen and oxygen atoms in total. The van der Waals surface area contributed by atoms with Gasteiger partial charge in [0, 0.05) is 11.5 Å². The molecule has 1 aromatic carbocycles. The van der Waals surface area contributed by atoms with Gasteiger partial charge in [-0.25, -0.2) is 4.79 Å². The Morgan fingerprint density at radius 2 is 1.14 bits per heavy atom. The largest absolute Gasteiger partial charge is 0.497 e. The third-order valence-electron chi connectivity index (χ3n) is 24.8. The Kier molecular flexibility index (Phi) is 22.8. The molecule has 570 valence electrons. The average molecular weight is 1440 g/mol. The molecule has 11 rings (SSSR count). The van der Waals surface area contributed by atoms with E-state index in [9.17, 15) is 96.4 Å². The first-order valence-corrected chi connectivity index (χ1v) is 34.7. The van der Waals surface area contributed by atoms with Gasteiger partial charge in [0.05, 0.1) is 63.4 Å². The van der Waals surface area contributed by atoms with Gasteiger partial charge in [-0.1, -0.05) is 51.5 Å². The fourth-order valence-electron chi connectivity index (χ4n) is 19.2.